The molecule has 0 radical (unpaired) electrons. The molecule has 0 unspecified atom stereocenters. The van der Waals surface area contributed by atoms with Gasteiger partial charge in [-0.05, 0) is 50.2 Å². The largest absolute Gasteiger partial charge is 0.366 e. The van der Waals surface area contributed by atoms with E-state index in [4.69, 9.17) is 17.3 Å². The molecule has 0 spiro atoms. The van der Waals surface area contributed by atoms with Crippen LogP contribution in [0.4, 0.5) is 23.1 Å². The van der Waals surface area contributed by atoms with Gasteiger partial charge in [0.1, 0.15) is 5.02 Å². The third-order valence-electron chi connectivity index (χ3n) is 4.24. The lowest BCUT2D eigenvalue weighted by molar-refractivity contribution is 0.100. The first-order chi connectivity index (χ1) is 14.2. The predicted octanol–water partition coefficient (Wildman–Crippen LogP) is 3.90. The van der Waals surface area contributed by atoms with E-state index >= 15 is 0 Å². The van der Waals surface area contributed by atoms with Crippen LogP contribution in [0.15, 0.2) is 59.6 Å². The van der Waals surface area contributed by atoms with E-state index in [1.54, 1.807) is 56.3 Å². The van der Waals surface area contributed by atoms with E-state index in [-0.39, 0.29) is 21.7 Å². The molecule has 30 heavy (non-hydrogen) atoms. The molecule has 2 aromatic carbocycles. The lowest BCUT2D eigenvalue weighted by atomic mass is 10.2. The molecule has 0 fully saturated rings. The van der Waals surface area contributed by atoms with Gasteiger partial charge < -0.3 is 16.4 Å². The zero-order chi connectivity index (χ0) is 21.9. The van der Waals surface area contributed by atoms with Gasteiger partial charge in [0.25, 0.3) is 0 Å². The van der Waals surface area contributed by atoms with E-state index in [1.807, 2.05) is 0 Å². The van der Waals surface area contributed by atoms with Crippen LogP contribution in [0.5, 0.6) is 0 Å². The number of nitrogens with one attached hydrogen (secondary N) is 2. The Kier molecular flexibility index (Phi) is 6.23. The van der Waals surface area contributed by atoms with Crippen molar-refractivity contribution in [3.8, 4) is 0 Å². The van der Waals surface area contributed by atoms with Crippen molar-refractivity contribution in [3.63, 3.8) is 0 Å². The van der Waals surface area contributed by atoms with Gasteiger partial charge in [0.2, 0.25) is 11.9 Å². The van der Waals surface area contributed by atoms with E-state index in [1.165, 1.54) is 12.3 Å². The van der Waals surface area contributed by atoms with Crippen LogP contribution in [-0.4, -0.2) is 29.5 Å². The van der Waals surface area contributed by atoms with Gasteiger partial charge in [-0.3, -0.25) is 4.79 Å². The second kappa shape index (κ2) is 8.68. The van der Waals surface area contributed by atoms with Crippen LogP contribution in [-0.2, 0) is 9.84 Å². The highest BCUT2D eigenvalue weighted by molar-refractivity contribution is 7.92. The molecular formula is C20H20ClN5O3S. The summed E-state index contributed by atoms with van der Waals surface area (Å²) in [5.74, 6) is -0.0435. The SMILES string of the molecule is CC(C)S(=O)(=O)c1ccccc1Nc1nc(Nc2ccc(C(N)=O)cc2)ncc1Cl. The molecule has 8 nitrogen and oxygen atoms in total. The number of halogens is 1. The summed E-state index contributed by atoms with van der Waals surface area (Å²) in [6, 6.07) is 13.0. The van der Waals surface area contributed by atoms with Crippen LogP contribution in [0.2, 0.25) is 5.02 Å². The number of rotatable bonds is 7. The molecule has 10 heteroatoms. The summed E-state index contributed by atoms with van der Waals surface area (Å²) in [5, 5.41) is 5.63. The Morgan fingerprint density at radius 2 is 1.73 bits per heavy atom. The van der Waals surface area contributed by atoms with Crippen LogP contribution in [0, 0.1) is 0 Å². The molecule has 0 aliphatic heterocycles. The van der Waals surface area contributed by atoms with Crippen molar-refractivity contribution >= 4 is 50.5 Å². The molecule has 0 bridgehead atoms. The Morgan fingerprint density at radius 3 is 2.37 bits per heavy atom. The topological polar surface area (TPSA) is 127 Å². The molecule has 3 aromatic rings. The van der Waals surface area contributed by atoms with E-state index in [9.17, 15) is 13.2 Å². The summed E-state index contributed by atoms with van der Waals surface area (Å²) in [4.78, 5) is 19.8. The molecule has 0 atom stereocenters. The van der Waals surface area contributed by atoms with Crippen molar-refractivity contribution in [1.82, 2.24) is 9.97 Å². The number of amides is 1. The maximum Gasteiger partial charge on any atom is 0.248 e. The zero-order valence-electron chi connectivity index (χ0n) is 16.3. The number of primary amides is 1. The quantitative estimate of drug-likeness (QED) is 0.503. The molecule has 0 saturated heterocycles. The van der Waals surface area contributed by atoms with Crippen LogP contribution >= 0.6 is 11.6 Å². The van der Waals surface area contributed by atoms with Gasteiger partial charge in [-0.25, -0.2) is 13.4 Å². The second-order valence-electron chi connectivity index (χ2n) is 6.67. The van der Waals surface area contributed by atoms with Gasteiger partial charge >= 0.3 is 0 Å². The van der Waals surface area contributed by atoms with Gasteiger partial charge in [0.15, 0.2) is 15.7 Å². The highest BCUT2D eigenvalue weighted by Gasteiger charge is 2.23. The molecule has 1 aromatic heterocycles. The average Bonchev–Trinajstić information content (AvgIpc) is 2.71. The van der Waals surface area contributed by atoms with Crippen molar-refractivity contribution in [2.24, 2.45) is 5.73 Å². The van der Waals surface area contributed by atoms with Crippen LogP contribution in [0.25, 0.3) is 0 Å². The van der Waals surface area contributed by atoms with Gasteiger partial charge in [-0.2, -0.15) is 4.98 Å². The Balaban J connectivity index is 1.89. The Labute approximate surface area is 179 Å². The number of carbonyl (C=O) groups excluding carboxylic acids is 1. The smallest absolute Gasteiger partial charge is 0.248 e. The highest BCUT2D eigenvalue weighted by atomic mass is 35.5. The molecule has 4 N–H and O–H groups in total. The number of anilines is 4. The molecule has 0 aliphatic carbocycles. The van der Waals surface area contributed by atoms with E-state index in [0.29, 0.717) is 16.9 Å². The molecule has 0 aliphatic rings. The molecule has 3 rings (SSSR count). The molecule has 156 valence electrons. The van der Waals surface area contributed by atoms with Crippen molar-refractivity contribution in [1.29, 1.82) is 0 Å². The van der Waals surface area contributed by atoms with Crippen molar-refractivity contribution in [2.45, 2.75) is 24.0 Å². The highest BCUT2D eigenvalue weighted by Crippen LogP contribution is 2.30. The lowest BCUT2D eigenvalue weighted by Crippen LogP contribution is -2.15. The van der Waals surface area contributed by atoms with Crippen LogP contribution < -0.4 is 16.4 Å². The Morgan fingerprint density at radius 1 is 1.07 bits per heavy atom. The number of benzene rings is 2. The first-order valence-corrected chi connectivity index (χ1v) is 10.9. The Hall–Kier alpha value is -3.17. The summed E-state index contributed by atoms with van der Waals surface area (Å²) in [6.45, 7) is 3.24. The van der Waals surface area contributed by atoms with Crippen LogP contribution in [0.3, 0.4) is 0 Å². The number of nitrogens with two attached hydrogens (primary N) is 1. The first kappa shape index (κ1) is 21.5. The number of nitrogens with zero attached hydrogens (tertiary/aromatic N) is 2. The van der Waals surface area contributed by atoms with Gasteiger partial charge in [0.05, 0.1) is 22.0 Å². The number of sulfone groups is 1. The van der Waals surface area contributed by atoms with Gasteiger partial charge in [-0.15, -0.1) is 0 Å². The van der Waals surface area contributed by atoms with Gasteiger partial charge in [-0.1, -0.05) is 23.7 Å². The van der Waals surface area contributed by atoms with E-state index in [0.717, 1.165) is 0 Å². The normalized spacial score (nSPS) is 11.3. The molecular weight excluding hydrogens is 426 g/mol. The number of hydrogen-bond donors (Lipinski definition) is 3. The minimum atomic E-state index is -3.51. The maximum atomic E-state index is 12.7. The van der Waals surface area contributed by atoms with E-state index < -0.39 is 21.0 Å². The fourth-order valence-electron chi connectivity index (χ4n) is 2.56. The van der Waals surface area contributed by atoms with Gasteiger partial charge in [0, 0.05) is 11.3 Å². The average molecular weight is 446 g/mol. The minimum absolute atomic E-state index is 0.159. The van der Waals surface area contributed by atoms with Crippen molar-refractivity contribution < 1.29 is 13.2 Å². The summed E-state index contributed by atoms with van der Waals surface area (Å²) < 4.78 is 25.3. The first-order valence-electron chi connectivity index (χ1n) is 8.98. The summed E-state index contributed by atoms with van der Waals surface area (Å²) in [7, 11) is -3.51. The summed E-state index contributed by atoms with van der Waals surface area (Å²) >= 11 is 6.22. The lowest BCUT2D eigenvalue weighted by Gasteiger charge is -2.15. The van der Waals surface area contributed by atoms with E-state index in [2.05, 4.69) is 20.6 Å². The zero-order valence-corrected chi connectivity index (χ0v) is 17.8. The monoisotopic (exact) mass is 445 g/mol. The molecule has 1 heterocycles. The van der Waals surface area contributed by atoms with Crippen molar-refractivity contribution in [2.75, 3.05) is 10.6 Å². The predicted molar refractivity (Wildman–Crippen MR) is 117 cm³/mol. The number of hydrogen-bond acceptors (Lipinski definition) is 7. The minimum Gasteiger partial charge on any atom is -0.366 e. The van der Waals surface area contributed by atoms with Crippen LogP contribution in [0.1, 0.15) is 24.2 Å². The standard InChI is InChI=1S/C20H20ClN5O3S/c1-12(2)30(28,29)17-6-4-3-5-16(17)25-19-15(21)11-23-20(26-19)24-14-9-7-13(8-10-14)18(22)27/h3-12H,1-2H3,(H2,22,27)(H2,23,24,25,26). The Bertz CT molecular complexity index is 1180. The molecule has 1 amide bonds. The fraction of sp³-hybridized carbons (Fsp3) is 0.150. The summed E-state index contributed by atoms with van der Waals surface area (Å²) in [6.07, 6.45) is 1.40. The number of aromatic nitrogens is 2. The third kappa shape index (κ3) is 4.69. The number of para-hydroxylation sites is 1. The van der Waals surface area contributed by atoms with Crippen molar-refractivity contribution in [3.05, 3.63) is 65.3 Å². The maximum absolute atomic E-state index is 12.7. The molecule has 0 saturated carbocycles. The third-order valence-corrected chi connectivity index (χ3v) is 6.72. The fourth-order valence-corrected chi connectivity index (χ4v) is 3.90. The summed E-state index contributed by atoms with van der Waals surface area (Å²) in [5.41, 5.74) is 6.62. The second-order valence-corrected chi connectivity index (χ2v) is 9.55. The number of carbonyl (C=O) groups is 1.